The molecule has 4 aromatic rings. The van der Waals surface area contributed by atoms with E-state index in [-0.39, 0.29) is 17.8 Å². The van der Waals surface area contributed by atoms with Crippen molar-refractivity contribution in [1.29, 1.82) is 0 Å². The molecule has 0 aliphatic rings. The molecule has 0 saturated heterocycles. The Kier molecular flexibility index (Phi) is 6.23. The highest BCUT2D eigenvalue weighted by Crippen LogP contribution is 2.30. The predicted molar refractivity (Wildman–Crippen MR) is 126 cm³/mol. The van der Waals surface area contributed by atoms with Crippen LogP contribution >= 0.6 is 11.3 Å². The van der Waals surface area contributed by atoms with Crippen LogP contribution < -0.4 is 10.7 Å². The molecule has 0 atom stereocenters. The number of para-hydroxylation sites is 1. The average molecular weight is 433 g/mol. The number of nitrogens with one attached hydrogen (secondary N) is 1. The number of hydrogen-bond donors (Lipinski definition) is 1. The molecule has 2 aromatic carbocycles. The fourth-order valence-electron chi connectivity index (χ4n) is 3.56. The van der Waals surface area contributed by atoms with E-state index in [1.165, 1.54) is 23.1 Å². The number of fused-ring (bicyclic) bond motifs is 1. The van der Waals surface area contributed by atoms with E-state index in [0.29, 0.717) is 17.1 Å². The van der Waals surface area contributed by atoms with Crippen molar-refractivity contribution in [2.24, 2.45) is 0 Å². The molecule has 6 nitrogen and oxygen atoms in total. The van der Waals surface area contributed by atoms with Crippen molar-refractivity contribution in [1.82, 2.24) is 14.8 Å². The Balaban J connectivity index is 1.43. The van der Waals surface area contributed by atoms with Gasteiger partial charge in [0.1, 0.15) is 0 Å². The maximum atomic E-state index is 12.5. The van der Waals surface area contributed by atoms with Crippen LogP contribution in [0.25, 0.3) is 22.2 Å². The van der Waals surface area contributed by atoms with Gasteiger partial charge in [-0.25, -0.2) is 4.98 Å². The topological polar surface area (TPSA) is 76.9 Å². The Hall–Kier alpha value is -3.32. The van der Waals surface area contributed by atoms with Crippen molar-refractivity contribution >= 4 is 33.3 Å². The first-order valence-corrected chi connectivity index (χ1v) is 11.2. The number of rotatable bonds is 7. The molecule has 0 aliphatic carbocycles. The minimum atomic E-state index is -0.136. The fourth-order valence-corrected chi connectivity index (χ4v) is 4.42. The Morgan fingerprint density at radius 1 is 1.13 bits per heavy atom. The van der Waals surface area contributed by atoms with Gasteiger partial charge in [0.2, 0.25) is 11.3 Å². The van der Waals surface area contributed by atoms with Gasteiger partial charge in [0.15, 0.2) is 5.13 Å². The highest BCUT2D eigenvalue weighted by Gasteiger charge is 2.13. The Bertz CT molecular complexity index is 1270. The zero-order chi connectivity index (χ0) is 21.8. The lowest BCUT2D eigenvalue weighted by atomic mass is 10.1. The molecule has 0 unspecified atom stereocenters. The first kappa shape index (κ1) is 20.9. The largest absolute Gasteiger partial charge is 0.302 e. The minimum Gasteiger partial charge on any atom is -0.302 e. The standard InChI is InChI=1S/C24H24N4O2S/c1-3-6-17-9-11-18(12-10-17)23-16(2)31-24(27-23)26-22(30)13-14-28-20-8-5-4-7-19(20)21(29)15-25-28/h4-5,7-12,15H,3,6,13-14H2,1-2H3,(H,26,27,30). The van der Waals surface area contributed by atoms with Gasteiger partial charge in [0, 0.05) is 22.2 Å². The quantitative estimate of drug-likeness (QED) is 0.455. The number of carbonyl (C=O) groups excluding carboxylic acids is 1. The van der Waals surface area contributed by atoms with Gasteiger partial charge >= 0.3 is 0 Å². The van der Waals surface area contributed by atoms with Crippen LogP contribution in [0, 0.1) is 6.92 Å². The smallest absolute Gasteiger partial charge is 0.228 e. The molecule has 0 fully saturated rings. The van der Waals surface area contributed by atoms with Crippen LogP contribution in [0.15, 0.2) is 59.5 Å². The van der Waals surface area contributed by atoms with Gasteiger partial charge in [-0.05, 0) is 31.0 Å². The summed E-state index contributed by atoms with van der Waals surface area (Å²) in [7, 11) is 0. The van der Waals surface area contributed by atoms with Crippen LogP contribution in [0.1, 0.15) is 30.2 Å². The number of nitrogens with zero attached hydrogens (tertiary/aromatic N) is 3. The van der Waals surface area contributed by atoms with E-state index in [1.54, 1.807) is 10.7 Å². The van der Waals surface area contributed by atoms with Crippen molar-refractivity contribution in [3.63, 3.8) is 0 Å². The molecule has 0 saturated carbocycles. The molecular weight excluding hydrogens is 408 g/mol. The van der Waals surface area contributed by atoms with E-state index >= 15 is 0 Å². The second-order valence-electron chi connectivity index (χ2n) is 7.42. The number of amides is 1. The molecule has 31 heavy (non-hydrogen) atoms. The zero-order valence-corrected chi connectivity index (χ0v) is 18.4. The highest BCUT2D eigenvalue weighted by atomic mass is 32.1. The molecule has 7 heteroatoms. The number of thiazole rings is 1. The molecule has 0 spiro atoms. The Morgan fingerprint density at radius 2 is 1.90 bits per heavy atom. The van der Waals surface area contributed by atoms with Gasteiger partial charge in [-0.1, -0.05) is 49.7 Å². The number of benzene rings is 2. The van der Waals surface area contributed by atoms with Crippen molar-refractivity contribution < 1.29 is 4.79 Å². The second kappa shape index (κ2) is 9.22. The summed E-state index contributed by atoms with van der Waals surface area (Å²) in [6.07, 6.45) is 3.72. The van der Waals surface area contributed by atoms with Gasteiger partial charge in [0.05, 0.1) is 24.0 Å². The van der Waals surface area contributed by atoms with E-state index in [1.807, 2.05) is 25.1 Å². The molecular formula is C24H24N4O2S. The molecule has 0 aliphatic heterocycles. The maximum absolute atomic E-state index is 12.5. The van der Waals surface area contributed by atoms with E-state index in [0.717, 1.165) is 34.5 Å². The number of aromatic nitrogens is 3. The third-order valence-electron chi connectivity index (χ3n) is 5.12. The molecule has 158 valence electrons. The van der Waals surface area contributed by atoms with E-state index in [9.17, 15) is 9.59 Å². The zero-order valence-electron chi connectivity index (χ0n) is 17.6. The van der Waals surface area contributed by atoms with Crippen molar-refractivity contribution in [3.05, 3.63) is 75.4 Å². The second-order valence-corrected chi connectivity index (χ2v) is 8.62. The summed E-state index contributed by atoms with van der Waals surface area (Å²) in [4.78, 5) is 30.2. The summed E-state index contributed by atoms with van der Waals surface area (Å²) >= 11 is 1.47. The summed E-state index contributed by atoms with van der Waals surface area (Å²) in [5.74, 6) is -0.136. The Labute approximate surface area is 184 Å². The van der Waals surface area contributed by atoms with Crippen LogP contribution in [0.4, 0.5) is 5.13 Å². The lowest BCUT2D eigenvalue weighted by Gasteiger charge is -2.08. The summed E-state index contributed by atoms with van der Waals surface area (Å²) in [5.41, 5.74) is 3.87. The summed E-state index contributed by atoms with van der Waals surface area (Å²) in [6.45, 7) is 4.56. The summed E-state index contributed by atoms with van der Waals surface area (Å²) in [5, 5.41) is 8.27. The van der Waals surface area contributed by atoms with Crippen LogP contribution in [0.5, 0.6) is 0 Å². The normalized spacial score (nSPS) is 11.0. The van der Waals surface area contributed by atoms with Gasteiger partial charge in [-0.15, -0.1) is 11.3 Å². The van der Waals surface area contributed by atoms with Crippen LogP contribution in [-0.4, -0.2) is 20.7 Å². The van der Waals surface area contributed by atoms with Crippen molar-refractivity contribution in [3.8, 4) is 11.3 Å². The molecule has 0 bridgehead atoms. The first-order valence-electron chi connectivity index (χ1n) is 10.4. The molecule has 1 N–H and O–H groups in total. The average Bonchev–Trinajstić information content (AvgIpc) is 3.14. The van der Waals surface area contributed by atoms with Crippen LogP contribution in [0.2, 0.25) is 0 Å². The lowest BCUT2D eigenvalue weighted by Crippen LogP contribution is -2.17. The third kappa shape index (κ3) is 4.72. The third-order valence-corrected chi connectivity index (χ3v) is 6.01. The molecule has 0 radical (unpaired) electrons. The predicted octanol–water partition coefficient (Wildman–Crippen LogP) is 4.81. The number of carbonyl (C=O) groups is 1. The molecule has 1 amide bonds. The van der Waals surface area contributed by atoms with E-state index in [4.69, 9.17) is 0 Å². The highest BCUT2D eigenvalue weighted by molar-refractivity contribution is 7.16. The van der Waals surface area contributed by atoms with Gasteiger partial charge in [-0.2, -0.15) is 5.10 Å². The fraction of sp³-hybridized carbons (Fsp3) is 0.250. The summed E-state index contributed by atoms with van der Waals surface area (Å²) < 4.78 is 1.69. The summed E-state index contributed by atoms with van der Waals surface area (Å²) in [6, 6.07) is 15.7. The minimum absolute atomic E-state index is 0.121. The molecule has 2 aromatic heterocycles. The number of aryl methyl sites for hydroxylation is 3. The Morgan fingerprint density at radius 3 is 2.68 bits per heavy atom. The maximum Gasteiger partial charge on any atom is 0.228 e. The number of anilines is 1. The van der Waals surface area contributed by atoms with Gasteiger partial charge in [0.25, 0.3) is 0 Å². The van der Waals surface area contributed by atoms with Gasteiger partial charge < -0.3 is 5.32 Å². The van der Waals surface area contributed by atoms with Crippen LogP contribution in [0.3, 0.4) is 0 Å². The van der Waals surface area contributed by atoms with Crippen LogP contribution in [-0.2, 0) is 17.8 Å². The van der Waals surface area contributed by atoms with Crippen molar-refractivity contribution in [2.75, 3.05) is 5.32 Å². The SMILES string of the molecule is CCCc1ccc(-c2nc(NC(=O)CCn3ncc(=O)c4ccccc43)sc2C)cc1. The van der Waals surface area contributed by atoms with Gasteiger partial charge in [-0.3, -0.25) is 14.3 Å². The van der Waals surface area contributed by atoms with E-state index in [2.05, 4.69) is 46.6 Å². The monoisotopic (exact) mass is 432 g/mol. The first-order chi connectivity index (χ1) is 15.0. The molecule has 4 rings (SSSR count). The van der Waals surface area contributed by atoms with Crippen molar-refractivity contribution in [2.45, 2.75) is 39.7 Å². The molecule has 2 heterocycles. The van der Waals surface area contributed by atoms with E-state index < -0.39 is 0 Å². The number of hydrogen-bond acceptors (Lipinski definition) is 5. The lowest BCUT2D eigenvalue weighted by molar-refractivity contribution is -0.116.